The maximum absolute atomic E-state index is 12.3. The summed E-state index contributed by atoms with van der Waals surface area (Å²) >= 11 is 1.56. The van der Waals surface area contributed by atoms with Crippen LogP contribution in [0.3, 0.4) is 0 Å². The van der Waals surface area contributed by atoms with Crippen LogP contribution in [0.2, 0.25) is 0 Å². The molecule has 1 aromatic carbocycles. The molecule has 8 heteroatoms. The standard InChI is InChI=1S/C23H25N5O2S/c1-3-14-10-16-6-7-18(29)17(16)11-19(14)31-23-27-20-13(2)25-12-26-21(20)28(23)9-8-24-22(30)15-4-5-15/h10-12,15H,3-9H2,1-2H3,(H,24,30). The van der Waals surface area contributed by atoms with E-state index in [0.717, 1.165) is 63.7 Å². The summed E-state index contributed by atoms with van der Waals surface area (Å²) in [5, 5.41) is 3.84. The molecule has 0 spiro atoms. The molecule has 2 heterocycles. The fraction of sp³-hybridized carbons (Fsp3) is 0.435. The summed E-state index contributed by atoms with van der Waals surface area (Å²) in [6.45, 7) is 5.17. The number of rotatable bonds is 7. The molecule has 0 aliphatic heterocycles. The number of hydrogen-bond donors (Lipinski definition) is 1. The predicted molar refractivity (Wildman–Crippen MR) is 118 cm³/mol. The van der Waals surface area contributed by atoms with E-state index >= 15 is 0 Å². The van der Waals surface area contributed by atoms with Crippen molar-refractivity contribution in [3.63, 3.8) is 0 Å². The molecule has 0 radical (unpaired) electrons. The third-order valence-corrected chi connectivity index (χ3v) is 7.15. The molecule has 1 N–H and O–H groups in total. The predicted octanol–water partition coefficient (Wildman–Crippen LogP) is 3.50. The van der Waals surface area contributed by atoms with Gasteiger partial charge in [0.05, 0.1) is 5.69 Å². The van der Waals surface area contributed by atoms with Crippen LogP contribution in [0.15, 0.2) is 28.5 Å². The summed E-state index contributed by atoms with van der Waals surface area (Å²) in [5.74, 6) is 0.543. The first-order valence-corrected chi connectivity index (χ1v) is 11.7. The van der Waals surface area contributed by atoms with Crippen molar-refractivity contribution in [1.29, 1.82) is 0 Å². The van der Waals surface area contributed by atoms with Crippen molar-refractivity contribution < 1.29 is 9.59 Å². The van der Waals surface area contributed by atoms with Gasteiger partial charge in [-0.3, -0.25) is 9.59 Å². The third kappa shape index (κ3) is 3.84. The zero-order chi connectivity index (χ0) is 21.5. The van der Waals surface area contributed by atoms with Gasteiger partial charge in [0.1, 0.15) is 11.8 Å². The van der Waals surface area contributed by atoms with Gasteiger partial charge < -0.3 is 9.88 Å². The van der Waals surface area contributed by atoms with Gasteiger partial charge in [0, 0.05) is 35.9 Å². The first-order valence-electron chi connectivity index (χ1n) is 10.9. The Hall–Kier alpha value is -2.74. The molecule has 1 saturated carbocycles. The molecule has 0 unspecified atom stereocenters. The largest absolute Gasteiger partial charge is 0.354 e. The first kappa shape index (κ1) is 20.2. The van der Waals surface area contributed by atoms with Gasteiger partial charge >= 0.3 is 0 Å². The molecule has 0 saturated heterocycles. The minimum Gasteiger partial charge on any atom is -0.354 e. The number of aromatic nitrogens is 4. The van der Waals surface area contributed by atoms with Gasteiger partial charge in [-0.15, -0.1) is 0 Å². The highest BCUT2D eigenvalue weighted by Gasteiger charge is 2.29. The number of nitrogens with one attached hydrogen (secondary N) is 1. The number of amides is 1. The van der Waals surface area contributed by atoms with Crippen LogP contribution in [0.25, 0.3) is 11.2 Å². The normalized spacial score (nSPS) is 15.5. The van der Waals surface area contributed by atoms with E-state index in [9.17, 15) is 9.59 Å². The summed E-state index contributed by atoms with van der Waals surface area (Å²) in [4.78, 5) is 39.0. The first-order chi connectivity index (χ1) is 15.0. The van der Waals surface area contributed by atoms with E-state index in [-0.39, 0.29) is 17.6 Å². The van der Waals surface area contributed by atoms with Crippen LogP contribution in [-0.2, 0) is 24.2 Å². The number of aryl methyl sites for hydroxylation is 3. The van der Waals surface area contributed by atoms with Gasteiger partial charge in [0.2, 0.25) is 5.91 Å². The number of fused-ring (bicyclic) bond motifs is 2. The molecule has 2 aromatic heterocycles. The zero-order valence-corrected chi connectivity index (χ0v) is 18.6. The second kappa shape index (κ2) is 8.07. The molecular formula is C23H25N5O2S. The van der Waals surface area contributed by atoms with E-state index in [4.69, 9.17) is 4.98 Å². The molecule has 1 fully saturated rings. The molecule has 1 amide bonds. The third-order valence-electron chi connectivity index (χ3n) is 6.05. The molecule has 0 bridgehead atoms. The lowest BCUT2D eigenvalue weighted by atomic mass is 10.0. The average Bonchev–Trinajstić information content (AvgIpc) is 3.48. The van der Waals surface area contributed by atoms with Crippen molar-refractivity contribution >= 4 is 34.6 Å². The monoisotopic (exact) mass is 435 g/mol. The highest BCUT2D eigenvalue weighted by Crippen LogP contribution is 2.36. The molecule has 31 heavy (non-hydrogen) atoms. The molecule has 160 valence electrons. The lowest BCUT2D eigenvalue weighted by molar-refractivity contribution is -0.122. The van der Waals surface area contributed by atoms with Crippen LogP contribution >= 0.6 is 11.8 Å². The number of hydrogen-bond acceptors (Lipinski definition) is 6. The maximum Gasteiger partial charge on any atom is 0.223 e. The van der Waals surface area contributed by atoms with Crippen LogP contribution in [0.1, 0.15) is 53.4 Å². The van der Waals surface area contributed by atoms with E-state index in [1.54, 1.807) is 18.1 Å². The lowest BCUT2D eigenvalue weighted by Crippen LogP contribution is -2.28. The number of ketones is 1. The number of carbonyl (C=O) groups excluding carboxylic acids is 2. The highest BCUT2D eigenvalue weighted by molar-refractivity contribution is 7.99. The molecule has 5 rings (SSSR count). The van der Waals surface area contributed by atoms with E-state index < -0.39 is 0 Å². The molecule has 0 atom stereocenters. The van der Waals surface area contributed by atoms with Gasteiger partial charge in [-0.2, -0.15) is 0 Å². The Labute approximate surface area is 185 Å². The van der Waals surface area contributed by atoms with Crippen molar-refractivity contribution in [3.05, 3.63) is 40.8 Å². The Balaban J connectivity index is 1.49. The van der Waals surface area contributed by atoms with Crippen molar-refractivity contribution in [3.8, 4) is 0 Å². The zero-order valence-electron chi connectivity index (χ0n) is 17.8. The number of carbonyl (C=O) groups is 2. The van der Waals surface area contributed by atoms with Gasteiger partial charge in [0.15, 0.2) is 16.6 Å². The molecule has 2 aliphatic rings. The molecular weight excluding hydrogens is 410 g/mol. The van der Waals surface area contributed by atoms with Crippen LogP contribution in [0.5, 0.6) is 0 Å². The lowest BCUT2D eigenvalue weighted by Gasteiger charge is -2.12. The Bertz CT molecular complexity index is 1200. The molecule has 2 aliphatic carbocycles. The van der Waals surface area contributed by atoms with Crippen molar-refractivity contribution in [2.24, 2.45) is 5.92 Å². The summed E-state index contributed by atoms with van der Waals surface area (Å²) < 4.78 is 2.05. The fourth-order valence-corrected chi connectivity index (χ4v) is 5.22. The van der Waals surface area contributed by atoms with E-state index in [0.29, 0.717) is 19.5 Å². The molecule has 7 nitrogen and oxygen atoms in total. The number of nitrogens with zero attached hydrogens (tertiary/aromatic N) is 4. The minimum absolute atomic E-state index is 0.134. The summed E-state index contributed by atoms with van der Waals surface area (Å²) in [7, 11) is 0. The van der Waals surface area contributed by atoms with Crippen LogP contribution in [0.4, 0.5) is 0 Å². The van der Waals surface area contributed by atoms with Gasteiger partial charge in [-0.05, 0) is 49.8 Å². The van der Waals surface area contributed by atoms with Gasteiger partial charge in [-0.1, -0.05) is 24.8 Å². The SMILES string of the molecule is CCc1cc2c(cc1Sc1nc3c(C)ncnc3n1CCNC(=O)C1CC1)C(=O)CC2. The van der Waals surface area contributed by atoms with Crippen LogP contribution in [-0.4, -0.2) is 37.8 Å². The number of imidazole rings is 1. The average molecular weight is 436 g/mol. The van der Waals surface area contributed by atoms with Crippen molar-refractivity contribution in [1.82, 2.24) is 24.8 Å². The Kier molecular flexibility index (Phi) is 5.25. The Morgan fingerprint density at radius 3 is 2.87 bits per heavy atom. The second-order valence-corrected chi connectivity index (χ2v) is 9.25. The Morgan fingerprint density at radius 2 is 2.10 bits per heavy atom. The quantitative estimate of drug-likeness (QED) is 0.611. The molecule has 3 aromatic rings. The summed E-state index contributed by atoms with van der Waals surface area (Å²) in [6, 6.07) is 4.21. The maximum atomic E-state index is 12.3. The topological polar surface area (TPSA) is 89.8 Å². The minimum atomic E-state index is 0.134. The van der Waals surface area contributed by atoms with E-state index in [1.165, 1.54) is 5.56 Å². The van der Waals surface area contributed by atoms with Gasteiger partial charge in [-0.25, -0.2) is 15.0 Å². The van der Waals surface area contributed by atoms with Crippen molar-refractivity contribution in [2.75, 3.05) is 6.54 Å². The fourth-order valence-electron chi connectivity index (χ4n) is 4.08. The van der Waals surface area contributed by atoms with Gasteiger partial charge in [0.25, 0.3) is 0 Å². The van der Waals surface area contributed by atoms with Crippen LogP contribution < -0.4 is 5.32 Å². The second-order valence-electron chi connectivity index (χ2n) is 8.24. The number of Topliss-reactive ketones (excluding diaryl/α,β-unsaturated/α-hetero) is 1. The van der Waals surface area contributed by atoms with E-state index in [1.807, 2.05) is 13.0 Å². The smallest absolute Gasteiger partial charge is 0.223 e. The van der Waals surface area contributed by atoms with Crippen molar-refractivity contribution in [2.45, 2.75) is 62.5 Å². The van der Waals surface area contributed by atoms with Crippen LogP contribution in [0, 0.1) is 12.8 Å². The highest BCUT2D eigenvalue weighted by atomic mass is 32.2. The summed E-state index contributed by atoms with van der Waals surface area (Å²) in [6.07, 6.45) is 5.86. The number of benzene rings is 1. The van der Waals surface area contributed by atoms with E-state index in [2.05, 4.69) is 32.8 Å². The summed E-state index contributed by atoms with van der Waals surface area (Å²) in [5.41, 5.74) is 5.59. The Morgan fingerprint density at radius 1 is 1.26 bits per heavy atom.